The van der Waals surface area contributed by atoms with E-state index < -0.39 is 12.1 Å². The zero-order valence-corrected chi connectivity index (χ0v) is 9.98. The molecule has 0 radical (unpaired) electrons. The van der Waals surface area contributed by atoms with Crippen LogP contribution in [0.25, 0.3) is 0 Å². The van der Waals surface area contributed by atoms with Gasteiger partial charge in [-0.2, -0.15) is 13.2 Å². The number of alkyl halides is 3. The monoisotopic (exact) mass is 238 g/mol. The largest absolute Gasteiger partial charge is 0.394 e. The van der Waals surface area contributed by atoms with Gasteiger partial charge in [0.25, 0.3) is 0 Å². The van der Waals surface area contributed by atoms with Gasteiger partial charge in [0.05, 0.1) is 5.92 Å². The first-order chi connectivity index (χ1) is 7.39. The van der Waals surface area contributed by atoms with E-state index in [1.54, 1.807) is 0 Å². The molecule has 0 aromatic carbocycles. The first kappa shape index (κ1) is 13.8. The average molecular weight is 238 g/mol. The fourth-order valence-electron chi connectivity index (χ4n) is 1.84. The highest BCUT2D eigenvalue weighted by Gasteiger charge is 2.40. The van der Waals surface area contributed by atoms with Crippen molar-refractivity contribution in [1.82, 2.24) is 10.2 Å². The summed E-state index contributed by atoms with van der Waals surface area (Å²) in [5, 5.41) is 2.86. The van der Waals surface area contributed by atoms with Gasteiger partial charge in [0, 0.05) is 26.2 Å². The fraction of sp³-hybridized carbons (Fsp3) is 1.00. The third-order valence-electron chi connectivity index (χ3n) is 2.96. The zero-order valence-electron chi connectivity index (χ0n) is 9.98. The summed E-state index contributed by atoms with van der Waals surface area (Å²) < 4.78 is 37.9. The number of nitrogens with zero attached hydrogens (tertiary/aromatic N) is 1. The van der Waals surface area contributed by atoms with Gasteiger partial charge in [-0.3, -0.25) is 0 Å². The van der Waals surface area contributed by atoms with Gasteiger partial charge in [-0.1, -0.05) is 13.8 Å². The molecule has 1 rings (SSSR count). The molecule has 1 fully saturated rings. The average Bonchev–Trinajstić information content (AvgIpc) is 2.38. The molecule has 0 saturated carbocycles. The Hall–Kier alpha value is -0.290. The molecule has 0 aromatic rings. The van der Waals surface area contributed by atoms with Crippen molar-refractivity contribution in [2.24, 2.45) is 11.8 Å². The Morgan fingerprint density at radius 3 is 2.62 bits per heavy atom. The summed E-state index contributed by atoms with van der Waals surface area (Å²) in [4.78, 5) is 1.93. The topological polar surface area (TPSA) is 15.3 Å². The molecule has 2 nitrogen and oxygen atoms in total. The SMILES string of the molecule is CC(C)CCN1CCNCC(C(F)(F)F)C1. The summed E-state index contributed by atoms with van der Waals surface area (Å²) in [6, 6.07) is 0. The zero-order chi connectivity index (χ0) is 12.2. The van der Waals surface area contributed by atoms with E-state index in [2.05, 4.69) is 19.2 Å². The number of hydrogen-bond acceptors (Lipinski definition) is 2. The lowest BCUT2D eigenvalue weighted by molar-refractivity contribution is -0.175. The van der Waals surface area contributed by atoms with Gasteiger partial charge < -0.3 is 10.2 Å². The van der Waals surface area contributed by atoms with Crippen LogP contribution >= 0.6 is 0 Å². The van der Waals surface area contributed by atoms with Gasteiger partial charge in [-0.15, -0.1) is 0 Å². The maximum atomic E-state index is 12.6. The summed E-state index contributed by atoms with van der Waals surface area (Å²) in [6.07, 6.45) is -3.11. The molecule has 96 valence electrons. The molecule has 1 saturated heterocycles. The predicted octanol–water partition coefficient (Wildman–Crippen LogP) is 2.12. The molecule has 0 bridgehead atoms. The number of nitrogens with one attached hydrogen (secondary N) is 1. The molecule has 0 spiro atoms. The summed E-state index contributed by atoms with van der Waals surface area (Å²) >= 11 is 0. The van der Waals surface area contributed by atoms with E-state index in [0.29, 0.717) is 12.5 Å². The third kappa shape index (κ3) is 4.70. The Kier molecular flexibility index (Phi) is 5.05. The van der Waals surface area contributed by atoms with Crippen LogP contribution in [0.2, 0.25) is 0 Å². The predicted molar refractivity (Wildman–Crippen MR) is 58.3 cm³/mol. The van der Waals surface area contributed by atoms with Crippen LogP contribution in [-0.2, 0) is 0 Å². The molecular weight excluding hydrogens is 217 g/mol. The summed E-state index contributed by atoms with van der Waals surface area (Å²) in [6.45, 7) is 6.54. The van der Waals surface area contributed by atoms with Crippen LogP contribution in [0.4, 0.5) is 13.2 Å². The minimum atomic E-state index is -4.08. The molecule has 0 aromatic heterocycles. The minimum Gasteiger partial charge on any atom is -0.315 e. The van der Waals surface area contributed by atoms with Crippen LogP contribution in [0.3, 0.4) is 0 Å². The van der Waals surface area contributed by atoms with E-state index in [0.717, 1.165) is 19.5 Å². The molecule has 16 heavy (non-hydrogen) atoms. The number of hydrogen-bond donors (Lipinski definition) is 1. The molecule has 1 unspecified atom stereocenters. The molecule has 1 heterocycles. The van der Waals surface area contributed by atoms with Gasteiger partial charge in [-0.05, 0) is 18.9 Å². The van der Waals surface area contributed by atoms with Crippen molar-refractivity contribution in [3.8, 4) is 0 Å². The highest BCUT2D eigenvalue weighted by atomic mass is 19.4. The second-order valence-electron chi connectivity index (χ2n) is 4.93. The molecular formula is C11H21F3N2. The summed E-state index contributed by atoms with van der Waals surface area (Å²) in [5.41, 5.74) is 0. The standard InChI is InChI=1S/C11H21F3N2/c1-9(2)3-5-16-6-4-15-7-10(8-16)11(12,13)14/h9-10,15H,3-8H2,1-2H3. The highest BCUT2D eigenvalue weighted by molar-refractivity contribution is 4.78. The van der Waals surface area contributed by atoms with Crippen molar-refractivity contribution in [2.45, 2.75) is 26.4 Å². The molecule has 0 aliphatic carbocycles. The van der Waals surface area contributed by atoms with Crippen molar-refractivity contribution in [3.63, 3.8) is 0 Å². The molecule has 1 aliphatic rings. The van der Waals surface area contributed by atoms with Gasteiger partial charge in [0.2, 0.25) is 0 Å². The van der Waals surface area contributed by atoms with E-state index in [9.17, 15) is 13.2 Å². The Bertz CT molecular complexity index is 204. The van der Waals surface area contributed by atoms with Crippen LogP contribution in [-0.4, -0.2) is 43.8 Å². The smallest absolute Gasteiger partial charge is 0.315 e. The Balaban J connectivity index is 2.46. The highest BCUT2D eigenvalue weighted by Crippen LogP contribution is 2.27. The summed E-state index contributed by atoms with van der Waals surface area (Å²) in [7, 11) is 0. The van der Waals surface area contributed by atoms with Crippen molar-refractivity contribution < 1.29 is 13.2 Å². The fourth-order valence-corrected chi connectivity index (χ4v) is 1.84. The minimum absolute atomic E-state index is 0.0572. The van der Waals surface area contributed by atoms with E-state index in [4.69, 9.17) is 0 Å². The number of halogens is 3. The second-order valence-corrected chi connectivity index (χ2v) is 4.93. The van der Waals surface area contributed by atoms with Crippen LogP contribution in [0.15, 0.2) is 0 Å². The van der Waals surface area contributed by atoms with Crippen molar-refractivity contribution >= 4 is 0 Å². The van der Waals surface area contributed by atoms with Gasteiger partial charge in [-0.25, -0.2) is 0 Å². The van der Waals surface area contributed by atoms with Crippen molar-refractivity contribution in [3.05, 3.63) is 0 Å². The van der Waals surface area contributed by atoms with Crippen molar-refractivity contribution in [2.75, 3.05) is 32.7 Å². The summed E-state index contributed by atoms with van der Waals surface area (Å²) in [5.74, 6) is -0.678. The maximum Gasteiger partial charge on any atom is 0.394 e. The molecule has 1 atom stereocenters. The Morgan fingerprint density at radius 2 is 2.06 bits per heavy atom. The third-order valence-corrected chi connectivity index (χ3v) is 2.96. The van der Waals surface area contributed by atoms with Crippen LogP contribution in [0, 0.1) is 11.8 Å². The van der Waals surface area contributed by atoms with Crippen molar-refractivity contribution in [1.29, 1.82) is 0 Å². The van der Waals surface area contributed by atoms with Crippen LogP contribution in [0.5, 0.6) is 0 Å². The van der Waals surface area contributed by atoms with Gasteiger partial charge in [0.15, 0.2) is 0 Å². The lowest BCUT2D eigenvalue weighted by Crippen LogP contribution is -2.38. The van der Waals surface area contributed by atoms with E-state index in [1.807, 2.05) is 4.90 Å². The molecule has 5 heteroatoms. The van der Waals surface area contributed by atoms with Gasteiger partial charge >= 0.3 is 6.18 Å². The Labute approximate surface area is 95.2 Å². The lowest BCUT2D eigenvalue weighted by atomic mass is 10.1. The molecule has 1 N–H and O–H groups in total. The molecule has 0 amide bonds. The van der Waals surface area contributed by atoms with E-state index >= 15 is 0 Å². The van der Waals surface area contributed by atoms with E-state index in [1.165, 1.54) is 0 Å². The normalized spacial score (nSPS) is 24.8. The van der Waals surface area contributed by atoms with Crippen LogP contribution < -0.4 is 5.32 Å². The second kappa shape index (κ2) is 5.87. The van der Waals surface area contributed by atoms with E-state index in [-0.39, 0.29) is 13.1 Å². The number of rotatable bonds is 3. The lowest BCUT2D eigenvalue weighted by Gasteiger charge is -2.25. The quantitative estimate of drug-likeness (QED) is 0.810. The molecule has 1 aliphatic heterocycles. The van der Waals surface area contributed by atoms with Gasteiger partial charge in [0.1, 0.15) is 0 Å². The van der Waals surface area contributed by atoms with Crippen LogP contribution in [0.1, 0.15) is 20.3 Å². The maximum absolute atomic E-state index is 12.6. The first-order valence-electron chi connectivity index (χ1n) is 5.89. The Morgan fingerprint density at radius 1 is 1.38 bits per heavy atom. The first-order valence-corrected chi connectivity index (χ1v) is 5.89.